The molecule has 0 bridgehead atoms. The van der Waals surface area contributed by atoms with Crippen molar-refractivity contribution in [2.75, 3.05) is 31.5 Å². The minimum absolute atomic E-state index is 0.0528. The van der Waals surface area contributed by atoms with E-state index in [0.717, 1.165) is 0 Å². The Morgan fingerprint density at radius 1 is 1.13 bits per heavy atom. The maximum Gasteiger partial charge on any atom is 0.513 e. The molecular formula is C20H19FN4O5. The Bertz CT molecular complexity index is 1110. The van der Waals surface area contributed by atoms with Crippen molar-refractivity contribution in [3.63, 3.8) is 0 Å². The van der Waals surface area contributed by atoms with Crippen LogP contribution in [0.3, 0.4) is 0 Å². The Hall–Kier alpha value is -3.79. The number of anilines is 3. The lowest BCUT2D eigenvalue weighted by atomic mass is 10.1. The number of amides is 1. The number of nitrogens with one attached hydrogen (secondary N) is 2. The standard InChI is InChI=1S/C20H19FN4O5/c1-11-6-14(21)16(8-17(11)30-20(27)29-3)25-19-13-5-4-12(24-18(26)9-28-2)7-15(13)22-10-23-19/h4-8,10H,9H2,1-3H3,(H,24,26)(H,22,23,25). The van der Waals surface area contributed by atoms with Gasteiger partial charge in [0.25, 0.3) is 0 Å². The molecule has 3 rings (SSSR count). The number of halogens is 1. The zero-order valence-corrected chi connectivity index (χ0v) is 16.5. The molecule has 1 aromatic heterocycles. The first kappa shape index (κ1) is 20.9. The van der Waals surface area contributed by atoms with Gasteiger partial charge in [-0.15, -0.1) is 0 Å². The number of methoxy groups -OCH3 is 2. The molecule has 0 atom stereocenters. The van der Waals surface area contributed by atoms with Crippen LogP contribution >= 0.6 is 0 Å². The maximum atomic E-state index is 14.5. The monoisotopic (exact) mass is 414 g/mol. The minimum atomic E-state index is -0.911. The largest absolute Gasteiger partial charge is 0.513 e. The second-order valence-corrected chi connectivity index (χ2v) is 6.21. The molecule has 0 aliphatic heterocycles. The molecule has 0 aliphatic rings. The van der Waals surface area contributed by atoms with Gasteiger partial charge in [-0.1, -0.05) is 0 Å². The van der Waals surface area contributed by atoms with Crippen molar-refractivity contribution >= 4 is 40.2 Å². The first-order chi connectivity index (χ1) is 14.4. The van der Waals surface area contributed by atoms with Crippen LogP contribution in [0.1, 0.15) is 5.56 Å². The molecule has 0 aliphatic carbocycles. The van der Waals surface area contributed by atoms with Crippen LogP contribution in [0.2, 0.25) is 0 Å². The van der Waals surface area contributed by atoms with E-state index in [0.29, 0.717) is 28.0 Å². The number of rotatable bonds is 6. The molecule has 2 N–H and O–H groups in total. The third-order valence-electron chi connectivity index (χ3n) is 4.07. The van der Waals surface area contributed by atoms with Crippen molar-refractivity contribution in [2.24, 2.45) is 0 Å². The van der Waals surface area contributed by atoms with E-state index in [1.54, 1.807) is 25.1 Å². The molecule has 0 saturated heterocycles. The first-order valence-corrected chi connectivity index (χ1v) is 8.77. The summed E-state index contributed by atoms with van der Waals surface area (Å²) in [7, 11) is 2.61. The Morgan fingerprint density at radius 3 is 2.67 bits per heavy atom. The highest BCUT2D eigenvalue weighted by Crippen LogP contribution is 2.31. The lowest BCUT2D eigenvalue weighted by Gasteiger charge is -2.13. The summed E-state index contributed by atoms with van der Waals surface area (Å²) in [5, 5.41) is 6.17. The Balaban J connectivity index is 1.91. The van der Waals surface area contributed by atoms with Crippen LogP contribution in [0.15, 0.2) is 36.7 Å². The highest BCUT2D eigenvalue weighted by Gasteiger charge is 2.14. The number of carbonyl (C=O) groups excluding carboxylic acids is 2. The number of aromatic nitrogens is 2. The van der Waals surface area contributed by atoms with Gasteiger partial charge in [-0.25, -0.2) is 19.2 Å². The number of carbonyl (C=O) groups is 2. The van der Waals surface area contributed by atoms with E-state index >= 15 is 0 Å². The van der Waals surface area contributed by atoms with E-state index in [1.807, 2.05) is 0 Å². The summed E-state index contributed by atoms with van der Waals surface area (Å²) in [5.74, 6) is -0.377. The summed E-state index contributed by atoms with van der Waals surface area (Å²) in [6, 6.07) is 7.59. The summed E-state index contributed by atoms with van der Waals surface area (Å²) in [6.45, 7) is 1.53. The number of ether oxygens (including phenoxy) is 3. The van der Waals surface area contributed by atoms with E-state index < -0.39 is 12.0 Å². The molecule has 0 radical (unpaired) electrons. The molecule has 2 aromatic carbocycles. The molecule has 0 unspecified atom stereocenters. The van der Waals surface area contributed by atoms with Gasteiger partial charge in [0.15, 0.2) is 0 Å². The summed E-state index contributed by atoms with van der Waals surface area (Å²) >= 11 is 0. The lowest BCUT2D eigenvalue weighted by molar-refractivity contribution is -0.119. The predicted molar refractivity (Wildman–Crippen MR) is 107 cm³/mol. The smallest absolute Gasteiger partial charge is 0.437 e. The molecule has 0 fully saturated rings. The molecule has 10 heteroatoms. The highest BCUT2D eigenvalue weighted by atomic mass is 19.1. The molecule has 1 heterocycles. The number of hydrogen-bond donors (Lipinski definition) is 2. The maximum absolute atomic E-state index is 14.5. The average molecular weight is 414 g/mol. The predicted octanol–water partition coefficient (Wildman–Crippen LogP) is 3.55. The van der Waals surface area contributed by atoms with Gasteiger partial charge in [-0.3, -0.25) is 4.79 Å². The van der Waals surface area contributed by atoms with Crippen LogP contribution < -0.4 is 15.4 Å². The lowest BCUT2D eigenvalue weighted by Crippen LogP contribution is -2.17. The van der Waals surface area contributed by atoms with Gasteiger partial charge < -0.3 is 24.8 Å². The van der Waals surface area contributed by atoms with Crippen LogP contribution in [0.25, 0.3) is 10.9 Å². The van der Waals surface area contributed by atoms with Crippen LogP contribution in [0.4, 0.5) is 26.4 Å². The summed E-state index contributed by atoms with van der Waals surface area (Å²) in [4.78, 5) is 31.4. The quantitative estimate of drug-likeness (QED) is 0.465. The molecule has 30 heavy (non-hydrogen) atoms. The van der Waals surface area contributed by atoms with E-state index in [4.69, 9.17) is 9.47 Å². The number of fused-ring (bicyclic) bond motifs is 1. The fraction of sp³-hybridized carbons (Fsp3) is 0.200. The fourth-order valence-electron chi connectivity index (χ4n) is 2.68. The van der Waals surface area contributed by atoms with Crippen molar-refractivity contribution in [2.45, 2.75) is 6.92 Å². The highest BCUT2D eigenvalue weighted by molar-refractivity contribution is 5.97. The van der Waals surface area contributed by atoms with E-state index in [-0.39, 0.29) is 24.0 Å². The molecule has 9 nitrogen and oxygen atoms in total. The zero-order chi connectivity index (χ0) is 21.7. The number of aryl methyl sites for hydroxylation is 1. The van der Waals surface area contributed by atoms with E-state index in [1.165, 1.54) is 32.7 Å². The number of hydrogen-bond acceptors (Lipinski definition) is 8. The Kier molecular flexibility index (Phi) is 6.38. The van der Waals surface area contributed by atoms with Crippen molar-refractivity contribution in [1.29, 1.82) is 0 Å². The molecule has 0 saturated carbocycles. The van der Waals surface area contributed by atoms with Gasteiger partial charge in [0.1, 0.15) is 30.3 Å². The molecular weight excluding hydrogens is 395 g/mol. The second-order valence-electron chi connectivity index (χ2n) is 6.21. The fourth-order valence-corrected chi connectivity index (χ4v) is 2.68. The van der Waals surface area contributed by atoms with Crippen LogP contribution in [0.5, 0.6) is 5.75 Å². The van der Waals surface area contributed by atoms with Crippen molar-refractivity contribution in [3.8, 4) is 5.75 Å². The Labute approximate surface area is 171 Å². The summed E-state index contributed by atoms with van der Waals surface area (Å²) in [6.07, 6.45) is 0.398. The topological polar surface area (TPSA) is 112 Å². The molecule has 0 spiro atoms. The van der Waals surface area contributed by atoms with Crippen LogP contribution in [-0.4, -0.2) is 42.9 Å². The van der Waals surface area contributed by atoms with E-state index in [9.17, 15) is 14.0 Å². The van der Waals surface area contributed by atoms with E-state index in [2.05, 4.69) is 25.3 Å². The van der Waals surface area contributed by atoms with Gasteiger partial charge in [0.2, 0.25) is 5.91 Å². The van der Waals surface area contributed by atoms with Gasteiger partial charge in [0.05, 0.1) is 18.3 Å². The third kappa shape index (κ3) is 4.78. The van der Waals surface area contributed by atoms with Crippen LogP contribution in [-0.2, 0) is 14.3 Å². The van der Waals surface area contributed by atoms with Gasteiger partial charge in [-0.2, -0.15) is 0 Å². The third-order valence-corrected chi connectivity index (χ3v) is 4.07. The van der Waals surface area contributed by atoms with Crippen molar-refractivity contribution in [3.05, 3.63) is 48.0 Å². The normalized spacial score (nSPS) is 10.5. The number of nitrogens with zero attached hydrogens (tertiary/aromatic N) is 2. The van der Waals surface area contributed by atoms with Gasteiger partial charge >= 0.3 is 6.16 Å². The summed E-state index contributed by atoms with van der Waals surface area (Å²) < 4.78 is 28.8. The van der Waals surface area contributed by atoms with Crippen molar-refractivity contribution in [1.82, 2.24) is 9.97 Å². The van der Waals surface area contributed by atoms with Crippen LogP contribution in [0, 0.1) is 12.7 Å². The Morgan fingerprint density at radius 2 is 1.93 bits per heavy atom. The first-order valence-electron chi connectivity index (χ1n) is 8.77. The average Bonchev–Trinajstić information content (AvgIpc) is 2.71. The summed E-state index contributed by atoms with van der Waals surface area (Å²) in [5.41, 5.74) is 1.54. The second kappa shape index (κ2) is 9.14. The molecule has 1 amide bonds. The van der Waals surface area contributed by atoms with Crippen molar-refractivity contribution < 1.29 is 28.2 Å². The number of benzene rings is 2. The van der Waals surface area contributed by atoms with Gasteiger partial charge in [0, 0.05) is 24.2 Å². The molecule has 3 aromatic rings. The zero-order valence-electron chi connectivity index (χ0n) is 16.5. The van der Waals surface area contributed by atoms with Gasteiger partial charge in [-0.05, 0) is 36.8 Å². The SMILES string of the molecule is COCC(=O)Nc1ccc2c(Nc3cc(OC(=O)OC)c(C)cc3F)ncnc2c1. The minimum Gasteiger partial charge on any atom is -0.437 e. The molecule has 156 valence electrons.